The van der Waals surface area contributed by atoms with Gasteiger partial charge in [-0.2, -0.15) is 19.6 Å². The molecular formula is C15H20ClN5. The molecule has 21 heavy (non-hydrogen) atoms. The zero-order chi connectivity index (χ0) is 14.4. The topological polar surface area (TPSA) is 46.3 Å². The van der Waals surface area contributed by atoms with E-state index < -0.39 is 0 Å². The van der Waals surface area contributed by atoms with Crippen molar-refractivity contribution in [3.8, 4) is 0 Å². The van der Waals surface area contributed by atoms with Crippen LogP contribution >= 0.6 is 11.6 Å². The number of anilines is 1. The minimum Gasteiger partial charge on any atom is -0.356 e. The number of aromatic nitrogens is 4. The van der Waals surface area contributed by atoms with Gasteiger partial charge in [0.25, 0.3) is 5.78 Å². The molecule has 1 saturated carbocycles. The Balaban J connectivity index is 1.73. The molecule has 2 fully saturated rings. The van der Waals surface area contributed by atoms with E-state index in [0.29, 0.717) is 10.9 Å². The SMILES string of the molecule is Cc1c(Cl)nc2ncnn2c1N1CCC2CCCCC2C1. The van der Waals surface area contributed by atoms with Crippen LogP contribution in [0.1, 0.15) is 37.7 Å². The molecule has 0 spiro atoms. The standard InChI is InChI=1S/C15H20ClN5/c1-10-13(16)19-15-17-9-18-21(15)14(10)20-7-6-11-4-2-3-5-12(11)8-20/h9,11-12H,2-8H2,1H3. The second-order valence-corrected chi connectivity index (χ2v) is 6.72. The van der Waals surface area contributed by atoms with Gasteiger partial charge < -0.3 is 4.90 Å². The fraction of sp³-hybridized carbons (Fsp3) is 0.667. The third-order valence-electron chi connectivity index (χ3n) is 5.16. The van der Waals surface area contributed by atoms with Gasteiger partial charge in [-0.3, -0.25) is 0 Å². The van der Waals surface area contributed by atoms with E-state index in [1.807, 2.05) is 11.4 Å². The third-order valence-corrected chi connectivity index (χ3v) is 5.53. The number of rotatable bonds is 1. The molecule has 0 N–H and O–H groups in total. The van der Waals surface area contributed by atoms with Gasteiger partial charge >= 0.3 is 0 Å². The molecule has 112 valence electrons. The normalized spacial score (nSPS) is 26.1. The Hall–Kier alpha value is -1.36. The quantitative estimate of drug-likeness (QED) is 0.760. The minimum atomic E-state index is 0.538. The summed E-state index contributed by atoms with van der Waals surface area (Å²) in [5, 5.41) is 4.88. The van der Waals surface area contributed by atoms with Crippen LogP contribution in [-0.4, -0.2) is 32.7 Å². The molecule has 0 radical (unpaired) electrons. The van der Waals surface area contributed by atoms with Crippen molar-refractivity contribution in [2.75, 3.05) is 18.0 Å². The van der Waals surface area contributed by atoms with E-state index in [4.69, 9.17) is 11.6 Å². The number of halogens is 1. The first-order valence-electron chi connectivity index (χ1n) is 7.85. The zero-order valence-corrected chi connectivity index (χ0v) is 13.1. The summed E-state index contributed by atoms with van der Waals surface area (Å²) in [4.78, 5) is 10.9. The largest absolute Gasteiger partial charge is 0.356 e. The van der Waals surface area contributed by atoms with Crippen LogP contribution < -0.4 is 4.90 Å². The summed E-state index contributed by atoms with van der Waals surface area (Å²) in [5.74, 6) is 3.40. The fourth-order valence-electron chi connectivity index (χ4n) is 4.05. The Bertz CT molecular complexity index is 667. The van der Waals surface area contributed by atoms with E-state index in [2.05, 4.69) is 20.0 Å². The van der Waals surface area contributed by atoms with Gasteiger partial charge in [0.05, 0.1) is 0 Å². The van der Waals surface area contributed by atoms with Crippen molar-refractivity contribution in [1.82, 2.24) is 19.6 Å². The summed E-state index contributed by atoms with van der Waals surface area (Å²) in [5.41, 5.74) is 1.00. The summed E-state index contributed by atoms with van der Waals surface area (Å²) in [7, 11) is 0. The first-order valence-corrected chi connectivity index (χ1v) is 8.22. The number of hydrogen-bond donors (Lipinski definition) is 0. The van der Waals surface area contributed by atoms with Crippen molar-refractivity contribution in [3.05, 3.63) is 17.0 Å². The molecule has 1 saturated heterocycles. The molecule has 6 heteroatoms. The Labute approximate surface area is 129 Å². The maximum Gasteiger partial charge on any atom is 0.255 e. The van der Waals surface area contributed by atoms with Gasteiger partial charge in [0.1, 0.15) is 17.3 Å². The van der Waals surface area contributed by atoms with Crippen molar-refractivity contribution in [2.45, 2.75) is 39.0 Å². The molecule has 1 aliphatic heterocycles. The molecule has 2 atom stereocenters. The van der Waals surface area contributed by atoms with Crippen molar-refractivity contribution in [1.29, 1.82) is 0 Å². The number of hydrogen-bond acceptors (Lipinski definition) is 4. The highest BCUT2D eigenvalue weighted by molar-refractivity contribution is 6.30. The highest BCUT2D eigenvalue weighted by atomic mass is 35.5. The minimum absolute atomic E-state index is 0.538. The lowest BCUT2D eigenvalue weighted by atomic mass is 9.75. The Morgan fingerprint density at radius 2 is 2.00 bits per heavy atom. The van der Waals surface area contributed by atoms with Crippen LogP contribution in [0.25, 0.3) is 5.78 Å². The second kappa shape index (κ2) is 5.13. The fourth-order valence-corrected chi connectivity index (χ4v) is 4.21. The van der Waals surface area contributed by atoms with Gasteiger partial charge in [-0.25, -0.2) is 0 Å². The van der Waals surface area contributed by atoms with Gasteiger partial charge in [0, 0.05) is 18.7 Å². The van der Waals surface area contributed by atoms with Gasteiger partial charge in [-0.15, -0.1) is 0 Å². The Morgan fingerprint density at radius 1 is 1.19 bits per heavy atom. The number of piperidine rings is 1. The maximum absolute atomic E-state index is 6.29. The van der Waals surface area contributed by atoms with E-state index >= 15 is 0 Å². The molecule has 0 bridgehead atoms. The van der Waals surface area contributed by atoms with Crippen molar-refractivity contribution >= 4 is 23.2 Å². The molecule has 2 aromatic rings. The molecule has 0 aromatic carbocycles. The highest BCUT2D eigenvalue weighted by Crippen LogP contribution is 2.38. The van der Waals surface area contributed by atoms with Crippen LogP contribution in [0.2, 0.25) is 5.15 Å². The number of fused-ring (bicyclic) bond motifs is 2. The van der Waals surface area contributed by atoms with E-state index in [-0.39, 0.29) is 0 Å². The summed E-state index contributed by atoms with van der Waals surface area (Å²) in [6.45, 7) is 4.22. The van der Waals surface area contributed by atoms with E-state index in [9.17, 15) is 0 Å². The molecule has 2 unspecified atom stereocenters. The highest BCUT2D eigenvalue weighted by Gasteiger charge is 2.33. The monoisotopic (exact) mass is 305 g/mol. The zero-order valence-electron chi connectivity index (χ0n) is 12.3. The average molecular weight is 306 g/mol. The van der Waals surface area contributed by atoms with Crippen molar-refractivity contribution in [3.63, 3.8) is 0 Å². The molecular weight excluding hydrogens is 286 g/mol. The first kappa shape index (κ1) is 13.3. The lowest BCUT2D eigenvalue weighted by molar-refractivity contribution is 0.201. The number of nitrogens with zero attached hydrogens (tertiary/aromatic N) is 5. The van der Waals surface area contributed by atoms with Crippen LogP contribution in [0, 0.1) is 18.8 Å². The van der Waals surface area contributed by atoms with Crippen molar-refractivity contribution < 1.29 is 0 Å². The van der Waals surface area contributed by atoms with Gasteiger partial charge in [-0.1, -0.05) is 30.9 Å². The molecule has 4 rings (SSSR count). The van der Waals surface area contributed by atoms with Gasteiger partial charge in [0.2, 0.25) is 0 Å². The Morgan fingerprint density at radius 3 is 2.86 bits per heavy atom. The smallest absolute Gasteiger partial charge is 0.255 e. The van der Waals surface area contributed by atoms with E-state index in [1.165, 1.54) is 32.1 Å². The lowest BCUT2D eigenvalue weighted by Gasteiger charge is -2.42. The van der Waals surface area contributed by atoms with Crippen molar-refractivity contribution in [2.24, 2.45) is 11.8 Å². The van der Waals surface area contributed by atoms with Crippen LogP contribution in [0.3, 0.4) is 0 Å². The summed E-state index contributed by atoms with van der Waals surface area (Å²) in [6, 6.07) is 0. The van der Waals surface area contributed by atoms with Gasteiger partial charge in [0.15, 0.2) is 0 Å². The molecule has 2 aliphatic rings. The van der Waals surface area contributed by atoms with Crippen LogP contribution in [0.15, 0.2) is 6.33 Å². The Kier molecular flexibility index (Phi) is 3.25. The van der Waals surface area contributed by atoms with E-state index in [0.717, 1.165) is 36.3 Å². The maximum atomic E-state index is 6.29. The lowest BCUT2D eigenvalue weighted by Crippen LogP contribution is -2.43. The molecule has 2 aromatic heterocycles. The molecule has 1 aliphatic carbocycles. The van der Waals surface area contributed by atoms with Crippen LogP contribution in [0.4, 0.5) is 5.82 Å². The molecule has 5 nitrogen and oxygen atoms in total. The average Bonchev–Trinajstić information content (AvgIpc) is 2.95. The van der Waals surface area contributed by atoms with E-state index in [1.54, 1.807) is 6.33 Å². The molecule has 0 amide bonds. The third kappa shape index (κ3) is 2.18. The predicted molar refractivity (Wildman–Crippen MR) is 82.8 cm³/mol. The van der Waals surface area contributed by atoms with Crippen LogP contribution in [0.5, 0.6) is 0 Å². The summed E-state index contributed by atoms with van der Waals surface area (Å²) < 4.78 is 1.84. The van der Waals surface area contributed by atoms with Crippen LogP contribution in [-0.2, 0) is 0 Å². The predicted octanol–water partition coefficient (Wildman–Crippen LogP) is 3.10. The summed E-state index contributed by atoms with van der Waals surface area (Å²) >= 11 is 6.29. The summed E-state index contributed by atoms with van der Waals surface area (Å²) in [6.07, 6.45) is 8.39. The second-order valence-electron chi connectivity index (χ2n) is 6.36. The first-order chi connectivity index (χ1) is 10.2. The molecule has 3 heterocycles. The van der Waals surface area contributed by atoms with Gasteiger partial charge in [-0.05, 0) is 31.6 Å².